The fourth-order valence-electron chi connectivity index (χ4n) is 1.14. The molecule has 0 aliphatic heterocycles. The van der Waals surface area contributed by atoms with E-state index in [9.17, 15) is 4.79 Å². The fraction of sp³-hybridized carbons (Fsp3) is 0.333. The molecule has 0 aliphatic rings. The van der Waals surface area contributed by atoms with Crippen LogP contribution >= 0.6 is 0 Å². The third-order valence-corrected chi connectivity index (χ3v) is 1.72. The summed E-state index contributed by atoms with van der Waals surface area (Å²) in [6, 6.07) is 3.31. The first-order valence-corrected chi connectivity index (χ1v) is 4.18. The molecule has 0 fully saturated rings. The van der Waals surface area contributed by atoms with E-state index in [0.717, 1.165) is 18.5 Å². The van der Waals surface area contributed by atoms with Crippen LogP contribution in [0.1, 0.15) is 29.4 Å². The SMILES string of the molecule is CCCc1ncccc1C(=O)NO. The second-order valence-electron chi connectivity index (χ2n) is 2.69. The van der Waals surface area contributed by atoms with Crippen molar-refractivity contribution in [3.8, 4) is 0 Å². The van der Waals surface area contributed by atoms with Crippen LogP contribution in [-0.4, -0.2) is 16.1 Å². The molecule has 1 heterocycles. The van der Waals surface area contributed by atoms with Gasteiger partial charge in [0.2, 0.25) is 0 Å². The number of aromatic nitrogens is 1. The van der Waals surface area contributed by atoms with Gasteiger partial charge in [-0.25, -0.2) is 5.48 Å². The lowest BCUT2D eigenvalue weighted by molar-refractivity contribution is 0.0704. The fourth-order valence-corrected chi connectivity index (χ4v) is 1.14. The lowest BCUT2D eigenvalue weighted by Gasteiger charge is -2.04. The molecule has 0 atom stereocenters. The lowest BCUT2D eigenvalue weighted by atomic mass is 10.1. The van der Waals surface area contributed by atoms with Crippen LogP contribution < -0.4 is 5.48 Å². The van der Waals surface area contributed by atoms with E-state index in [2.05, 4.69) is 4.98 Å². The lowest BCUT2D eigenvalue weighted by Crippen LogP contribution is -2.20. The predicted octanol–water partition coefficient (Wildman–Crippen LogP) is 1.15. The molecule has 0 saturated heterocycles. The molecule has 0 bridgehead atoms. The van der Waals surface area contributed by atoms with Crippen LogP contribution in [0.5, 0.6) is 0 Å². The molecule has 1 aromatic rings. The number of hydrogen-bond acceptors (Lipinski definition) is 3. The molecule has 0 aromatic carbocycles. The monoisotopic (exact) mass is 180 g/mol. The summed E-state index contributed by atoms with van der Waals surface area (Å²) in [7, 11) is 0. The van der Waals surface area contributed by atoms with Crippen LogP contribution in [0.4, 0.5) is 0 Å². The number of rotatable bonds is 3. The Hall–Kier alpha value is -1.42. The van der Waals surface area contributed by atoms with Gasteiger partial charge in [-0.05, 0) is 18.6 Å². The third kappa shape index (κ3) is 2.26. The van der Waals surface area contributed by atoms with E-state index in [0.29, 0.717) is 5.56 Å². The van der Waals surface area contributed by atoms with Gasteiger partial charge >= 0.3 is 0 Å². The van der Waals surface area contributed by atoms with Crippen molar-refractivity contribution in [3.05, 3.63) is 29.6 Å². The molecule has 13 heavy (non-hydrogen) atoms. The summed E-state index contributed by atoms with van der Waals surface area (Å²) in [4.78, 5) is 15.2. The van der Waals surface area contributed by atoms with E-state index in [1.807, 2.05) is 6.92 Å². The van der Waals surface area contributed by atoms with Gasteiger partial charge < -0.3 is 0 Å². The minimum atomic E-state index is -0.503. The van der Waals surface area contributed by atoms with Crippen molar-refractivity contribution >= 4 is 5.91 Å². The number of nitrogens with zero attached hydrogens (tertiary/aromatic N) is 1. The van der Waals surface area contributed by atoms with Gasteiger partial charge in [0.15, 0.2) is 0 Å². The van der Waals surface area contributed by atoms with Crippen LogP contribution in [0, 0.1) is 0 Å². The zero-order valence-electron chi connectivity index (χ0n) is 7.45. The van der Waals surface area contributed by atoms with Gasteiger partial charge in [-0.1, -0.05) is 13.3 Å². The first-order chi connectivity index (χ1) is 6.29. The van der Waals surface area contributed by atoms with Crippen molar-refractivity contribution in [1.29, 1.82) is 0 Å². The molecular weight excluding hydrogens is 168 g/mol. The van der Waals surface area contributed by atoms with E-state index in [1.165, 1.54) is 0 Å². The van der Waals surface area contributed by atoms with Gasteiger partial charge in [0.1, 0.15) is 0 Å². The molecule has 0 aliphatic carbocycles. The van der Waals surface area contributed by atoms with Gasteiger partial charge in [-0.15, -0.1) is 0 Å². The van der Waals surface area contributed by atoms with E-state index >= 15 is 0 Å². The van der Waals surface area contributed by atoms with Gasteiger partial charge in [0.25, 0.3) is 5.91 Å². The molecule has 0 spiro atoms. The van der Waals surface area contributed by atoms with E-state index in [1.54, 1.807) is 23.8 Å². The van der Waals surface area contributed by atoms with Crippen LogP contribution in [0.15, 0.2) is 18.3 Å². The second-order valence-corrected chi connectivity index (χ2v) is 2.69. The van der Waals surface area contributed by atoms with Gasteiger partial charge in [0, 0.05) is 6.20 Å². The first-order valence-electron chi connectivity index (χ1n) is 4.18. The van der Waals surface area contributed by atoms with Crippen LogP contribution in [0.2, 0.25) is 0 Å². The minimum absolute atomic E-state index is 0.437. The molecule has 0 unspecified atom stereocenters. The predicted molar refractivity (Wildman–Crippen MR) is 47.5 cm³/mol. The molecule has 0 radical (unpaired) electrons. The van der Waals surface area contributed by atoms with Gasteiger partial charge in [-0.3, -0.25) is 15.0 Å². The Morgan fingerprint density at radius 3 is 3.08 bits per heavy atom. The number of aryl methyl sites for hydroxylation is 1. The number of amides is 1. The summed E-state index contributed by atoms with van der Waals surface area (Å²) >= 11 is 0. The largest absolute Gasteiger partial charge is 0.288 e. The second kappa shape index (κ2) is 4.57. The van der Waals surface area contributed by atoms with Crippen molar-refractivity contribution in [2.75, 3.05) is 0 Å². The third-order valence-electron chi connectivity index (χ3n) is 1.72. The van der Waals surface area contributed by atoms with Gasteiger partial charge in [0.05, 0.1) is 11.3 Å². The van der Waals surface area contributed by atoms with Gasteiger partial charge in [-0.2, -0.15) is 0 Å². The molecule has 4 nitrogen and oxygen atoms in total. The van der Waals surface area contributed by atoms with Crippen molar-refractivity contribution in [3.63, 3.8) is 0 Å². The minimum Gasteiger partial charge on any atom is -0.288 e. The zero-order chi connectivity index (χ0) is 9.68. The number of nitrogens with one attached hydrogen (secondary N) is 1. The number of pyridine rings is 1. The Morgan fingerprint density at radius 2 is 2.46 bits per heavy atom. The highest BCUT2D eigenvalue weighted by Gasteiger charge is 2.09. The molecule has 4 heteroatoms. The smallest absolute Gasteiger partial charge is 0.276 e. The summed E-state index contributed by atoms with van der Waals surface area (Å²) in [6.07, 6.45) is 3.30. The molecular formula is C9H12N2O2. The van der Waals surface area contributed by atoms with E-state index in [-0.39, 0.29) is 0 Å². The van der Waals surface area contributed by atoms with Crippen molar-refractivity contribution in [2.24, 2.45) is 0 Å². The molecule has 0 saturated carbocycles. The highest BCUT2D eigenvalue weighted by molar-refractivity contribution is 5.94. The average molecular weight is 180 g/mol. The Labute approximate surface area is 76.6 Å². The summed E-state index contributed by atoms with van der Waals surface area (Å²) in [6.45, 7) is 2.01. The molecule has 1 amide bonds. The van der Waals surface area contributed by atoms with Crippen molar-refractivity contribution < 1.29 is 10.0 Å². The maximum atomic E-state index is 11.1. The topological polar surface area (TPSA) is 62.2 Å². The number of hydrogen-bond donors (Lipinski definition) is 2. The maximum absolute atomic E-state index is 11.1. The Kier molecular flexibility index (Phi) is 3.40. The Bertz CT molecular complexity index is 299. The van der Waals surface area contributed by atoms with Crippen LogP contribution in [0.25, 0.3) is 0 Å². The number of carbonyl (C=O) groups excluding carboxylic acids is 1. The quantitative estimate of drug-likeness (QED) is 0.542. The normalized spacial score (nSPS) is 9.69. The molecule has 70 valence electrons. The summed E-state index contributed by atoms with van der Waals surface area (Å²) in [5.74, 6) is -0.503. The zero-order valence-corrected chi connectivity index (χ0v) is 7.45. The number of carbonyl (C=O) groups is 1. The Balaban J connectivity index is 2.97. The maximum Gasteiger partial charge on any atom is 0.276 e. The summed E-state index contributed by atoms with van der Waals surface area (Å²) in [5, 5.41) is 8.45. The molecule has 2 N–H and O–H groups in total. The highest BCUT2D eigenvalue weighted by atomic mass is 16.5. The van der Waals surface area contributed by atoms with Crippen molar-refractivity contribution in [1.82, 2.24) is 10.5 Å². The molecule has 1 rings (SSSR count). The Morgan fingerprint density at radius 1 is 1.69 bits per heavy atom. The van der Waals surface area contributed by atoms with E-state index in [4.69, 9.17) is 5.21 Å². The number of hydroxylamine groups is 1. The first kappa shape index (κ1) is 9.67. The van der Waals surface area contributed by atoms with E-state index < -0.39 is 5.91 Å². The van der Waals surface area contributed by atoms with Crippen LogP contribution in [0.3, 0.4) is 0 Å². The standard InChI is InChI=1S/C9H12N2O2/c1-2-4-8-7(9(12)11-13)5-3-6-10-8/h3,5-6,13H,2,4H2,1H3,(H,11,12). The van der Waals surface area contributed by atoms with Crippen LogP contribution in [-0.2, 0) is 6.42 Å². The molecule has 1 aromatic heterocycles. The van der Waals surface area contributed by atoms with Crippen molar-refractivity contribution in [2.45, 2.75) is 19.8 Å². The summed E-state index contributed by atoms with van der Waals surface area (Å²) < 4.78 is 0. The summed E-state index contributed by atoms with van der Waals surface area (Å²) in [5.41, 5.74) is 2.76. The highest BCUT2D eigenvalue weighted by Crippen LogP contribution is 2.07. The average Bonchev–Trinajstić information content (AvgIpc) is 2.18.